The van der Waals surface area contributed by atoms with Crippen LogP contribution in [0.25, 0.3) is 0 Å². The molecule has 0 bridgehead atoms. The van der Waals surface area contributed by atoms with Crippen molar-refractivity contribution < 1.29 is 4.79 Å². The van der Waals surface area contributed by atoms with Crippen LogP contribution in [0.15, 0.2) is 36.5 Å². The molecule has 0 spiro atoms. The van der Waals surface area contributed by atoms with Gasteiger partial charge in [0.1, 0.15) is 0 Å². The molecule has 0 aromatic rings. The van der Waals surface area contributed by atoms with Gasteiger partial charge in [0.15, 0.2) is 0 Å². The zero-order chi connectivity index (χ0) is 12.7. The van der Waals surface area contributed by atoms with E-state index in [1.807, 2.05) is 6.08 Å². The molecule has 0 aromatic carbocycles. The van der Waals surface area contributed by atoms with Gasteiger partial charge in [-0.3, -0.25) is 4.79 Å². The number of nitrogens with two attached hydrogens (primary N) is 1. The van der Waals surface area contributed by atoms with Gasteiger partial charge in [0, 0.05) is 6.54 Å². The molecule has 3 N–H and O–H groups in total. The Balaban J connectivity index is 2.79. The predicted molar refractivity (Wildman–Crippen MR) is 71.4 cm³/mol. The molecule has 3 nitrogen and oxygen atoms in total. The highest BCUT2D eigenvalue weighted by atomic mass is 16.2. The Labute approximate surface area is 103 Å². The summed E-state index contributed by atoms with van der Waals surface area (Å²) in [7, 11) is 0. The average molecular weight is 234 g/mol. The highest BCUT2D eigenvalue weighted by molar-refractivity contribution is 5.81. The van der Waals surface area contributed by atoms with E-state index in [4.69, 9.17) is 5.73 Å². The van der Waals surface area contributed by atoms with E-state index in [1.165, 1.54) is 5.57 Å². The Morgan fingerprint density at radius 2 is 2.41 bits per heavy atom. The zero-order valence-electron chi connectivity index (χ0n) is 10.5. The second-order valence-electron chi connectivity index (χ2n) is 4.33. The molecule has 94 valence electrons. The van der Waals surface area contributed by atoms with E-state index in [0.717, 1.165) is 12.8 Å². The van der Waals surface area contributed by atoms with Crippen LogP contribution in [0.2, 0.25) is 0 Å². The third-order valence-corrected chi connectivity index (χ3v) is 2.99. The molecule has 1 aliphatic rings. The molecule has 1 heterocycles. The smallest absolute Gasteiger partial charge is 0.236 e. The third kappa shape index (κ3) is 4.19. The largest absolute Gasteiger partial charge is 0.355 e. The summed E-state index contributed by atoms with van der Waals surface area (Å²) >= 11 is 0. The van der Waals surface area contributed by atoms with E-state index < -0.39 is 6.04 Å². The molecular weight excluding hydrogens is 212 g/mol. The average Bonchev–Trinajstić information content (AvgIpc) is 2.48. The second kappa shape index (κ2) is 7.07. The molecule has 1 saturated heterocycles. The second-order valence-corrected chi connectivity index (χ2v) is 4.33. The summed E-state index contributed by atoms with van der Waals surface area (Å²) in [6, 6.07) is -0.397. The lowest BCUT2D eigenvalue weighted by atomic mass is 9.89. The molecule has 0 saturated carbocycles. The van der Waals surface area contributed by atoms with Crippen molar-refractivity contribution in [3.05, 3.63) is 36.5 Å². The van der Waals surface area contributed by atoms with Crippen molar-refractivity contribution in [2.75, 3.05) is 6.54 Å². The van der Waals surface area contributed by atoms with Gasteiger partial charge in [0.25, 0.3) is 0 Å². The number of hydrogen-bond donors (Lipinski definition) is 2. The number of amides is 1. The van der Waals surface area contributed by atoms with Gasteiger partial charge in [-0.05, 0) is 30.8 Å². The molecule has 2 atom stereocenters. The summed E-state index contributed by atoms with van der Waals surface area (Å²) in [6.07, 6.45) is 10.7. The van der Waals surface area contributed by atoms with Crippen LogP contribution in [0.1, 0.15) is 26.2 Å². The minimum atomic E-state index is -0.397. The van der Waals surface area contributed by atoms with Crippen molar-refractivity contribution in [2.24, 2.45) is 11.7 Å². The first-order valence-corrected chi connectivity index (χ1v) is 6.21. The number of rotatable bonds is 4. The Hall–Kier alpha value is -1.35. The van der Waals surface area contributed by atoms with Gasteiger partial charge in [-0.25, -0.2) is 0 Å². The molecule has 0 radical (unpaired) electrons. The SMILES string of the molecule is C=C/C=C(\C=C/CC)C1CCNC(=O)C(N)C1. The molecule has 1 aliphatic heterocycles. The quantitative estimate of drug-likeness (QED) is 0.730. The number of carbonyl (C=O) groups is 1. The molecule has 0 aliphatic carbocycles. The molecule has 1 rings (SSSR count). The fourth-order valence-corrected chi connectivity index (χ4v) is 2.05. The summed E-state index contributed by atoms with van der Waals surface area (Å²) in [5.74, 6) is 0.301. The fraction of sp³-hybridized carbons (Fsp3) is 0.500. The first kappa shape index (κ1) is 13.7. The molecule has 0 aromatic heterocycles. The van der Waals surface area contributed by atoms with Crippen LogP contribution in [-0.4, -0.2) is 18.5 Å². The molecule has 1 fully saturated rings. The van der Waals surface area contributed by atoms with Gasteiger partial charge in [-0.15, -0.1) is 0 Å². The van der Waals surface area contributed by atoms with Gasteiger partial charge >= 0.3 is 0 Å². The fourth-order valence-electron chi connectivity index (χ4n) is 2.05. The first-order chi connectivity index (χ1) is 8.19. The van der Waals surface area contributed by atoms with Crippen molar-refractivity contribution in [3.8, 4) is 0 Å². The van der Waals surface area contributed by atoms with Crippen LogP contribution < -0.4 is 11.1 Å². The molecule has 1 amide bonds. The predicted octanol–water partition coefficient (Wildman–Crippen LogP) is 1.92. The van der Waals surface area contributed by atoms with Gasteiger partial charge in [0.05, 0.1) is 6.04 Å². The summed E-state index contributed by atoms with van der Waals surface area (Å²) in [6.45, 7) is 6.54. The number of hydrogen-bond acceptors (Lipinski definition) is 2. The third-order valence-electron chi connectivity index (χ3n) is 2.99. The molecular formula is C14H22N2O. The lowest BCUT2D eigenvalue weighted by Gasteiger charge is -2.16. The van der Waals surface area contributed by atoms with Crippen LogP contribution in [0.3, 0.4) is 0 Å². The number of allylic oxidation sites excluding steroid dienone is 5. The Kier molecular flexibility index (Phi) is 5.70. The summed E-state index contributed by atoms with van der Waals surface area (Å²) < 4.78 is 0. The van der Waals surface area contributed by atoms with Crippen molar-refractivity contribution in [2.45, 2.75) is 32.2 Å². The maximum atomic E-state index is 11.5. The van der Waals surface area contributed by atoms with Gasteiger partial charge in [0.2, 0.25) is 5.91 Å². The number of carbonyl (C=O) groups excluding carboxylic acids is 1. The zero-order valence-corrected chi connectivity index (χ0v) is 10.5. The Bertz CT molecular complexity index is 331. The minimum Gasteiger partial charge on any atom is -0.355 e. The number of nitrogens with one attached hydrogen (secondary N) is 1. The highest BCUT2D eigenvalue weighted by Crippen LogP contribution is 2.23. The summed E-state index contributed by atoms with van der Waals surface area (Å²) in [4.78, 5) is 11.5. The van der Waals surface area contributed by atoms with Crippen molar-refractivity contribution in [1.29, 1.82) is 0 Å². The van der Waals surface area contributed by atoms with Crippen LogP contribution >= 0.6 is 0 Å². The van der Waals surface area contributed by atoms with Crippen LogP contribution in [0.5, 0.6) is 0 Å². The van der Waals surface area contributed by atoms with Crippen molar-refractivity contribution in [3.63, 3.8) is 0 Å². The van der Waals surface area contributed by atoms with Crippen molar-refractivity contribution in [1.82, 2.24) is 5.32 Å². The standard InChI is InChI=1S/C14H22N2O/c1-3-5-7-11(6-4-2)12-8-9-16-14(17)13(15)10-12/h4-7,12-13H,2-3,8-10,15H2,1H3,(H,16,17)/b7-5-,11-6+. The lowest BCUT2D eigenvalue weighted by Crippen LogP contribution is -2.39. The summed E-state index contributed by atoms with van der Waals surface area (Å²) in [5.41, 5.74) is 7.06. The van der Waals surface area contributed by atoms with Gasteiger partial charge in [-0.2, -0.15) is 0 Å². The Morgan fingerprint density at radius 1 is 1.65 bits per heavy atom. The monoisotopic (exact) mass is 234 g/mol. The van der Waals surface area contributed by atoms with E-state index in [0.29, 0.717) is 18.9 Å². The van der Waals surface area contributed by atoms with Crippen LogP contribution in [0.4, 0.5) is 0 Å². The van der Waals surface area contributed by atoms with E-state index in [1.54, 1.807) is 6.08 Å². The maximum absolute atomic E-state index is 11.5. The van der Waals surface area contributed by atoms with Crippen LogP contribution in [0, 0.1) is 5.92 Å². The maximum Gasteiger partial charge on any atom is 0.236 e. The topological polar surface area (TPSA) is 55.1 Å². The highest BCUT2D eigenvalue weighted by Gasteiger charge is 2.24. The lowest BCUT2D eigenvalue weighted by molar-refractivity contribution is -0.122. The molecule has 17 heavy (non-hydrogen) atoms. The minimum absolute atomic E-state index is 0.0371. The molecule has 3 heteroatoms. The molecule has 2 unspecified atom stereocenters. The van der Waals surface area contributed by atoms with E-state index in [-0.39, 0.29) is 5.91 Å². The van der Waals surface area contributed by atoms with Crippen LogP contribution in [-0.2, 0) is 4.79 Å². The van der Waals surface area contributed by atoms with Crippen molar-refractivity contribution >= 4 is 5.91 Å². The van der Waals surface area contributed by atoms with Gasteiger partial charge < -0.3 is 11.1 Å². The Morgan fingerprint density at radius 3 is 3.06 bits per heavy atom. The summed E-state index contributed by atoms with van der Waals surface area (Å²) in [5, 5.41) is 2.84. The van der Waals surface area contributed by atoms with E-state index >= 15 is 0 Å². The van der Waals surface area contributed by atoms with E-state index in [9.17, 15) is 4.79 Å². The normalized spacial score (nSPS) is 26.7. The first-order valence-electron chi connectivity index (χ1n) is 6.21. The van der Waals surface area contributed by atoms with Gasteiger partial charge in [-0.1, -0.05) is 37.8 Å². The van der Waals surface area contributed by atoms with E-state index in [2.05, 4.69) is 31.0 Å².